The Kier molecular flexibility index (Phi) is 4.32. The molecule has 0 radical (unpaired) electrons. The molecule has 0 bridgehead atoms. The van der Waals surface area contributed by atoms with E-state index in [1.165, 1.54) is 12.1 Å². The SMILES string of the molecule is NCCC[C@@H](N)c1ccc(C(F)(F)F)cc1. The molecule has 2 nitrogen and oxygen atoms in total. The lowest BCUT2D eigenvalue weighted by Crippen LogP contribution is -2.13. The summed E-state index contributed by atoms with van der Waals surface area (Å²) in [6.45, 7) is 0.536. The van der Waals surface area contributed by atoms with Crippen LogP contribution in [0.1, 0.15) is 30.0 Å². The van der Waals surface area contributed by atoms with Crippen LogP contribution in [0.4, 0.5) is 13.2 Å². The molecule has 1 rings (SSSR count). The fraction of sp³-hybridized carbons (Fsp3) is 0.455. The van der Waals surface area contributed by atoms with Gasteiger partial charge in [0.1, 0.15) is 0 Å². The molecule has 0 heterocycles. The zero-order valence-corrected chi connectivity index (χ0v) is 8.80. The summed E-state index contributed by atoms with van der Waals surface area (Å²) >= 11 is 0. The molecule has 0 aliphatic carbocycles. The van der Waals surface area contributed by atoms with Gasteiger partial charge in [-0.15, -0.1) is 0 Å². The smallest absolute Gasteiger partial charge is 0.330 e. The van der Waals surface area contributed by atoms with Gasteiger partial charge < -0.3 is 11.5 Å². The highest BCUT2D eigenvalue weighted by Gasteiger charge is 2.30. The van der Waals surface area contributed by atoms with Crippen LogP contribution in [0.3, 0.4) is 0 Å². The molecular weight excluding hydrogens is 217 g/mol. The Morgan fingerprint density at radius 2 is 1.69 bits per heavy atom. The molecule has 0 fully saturated rings. The van der Waals surface area contributed by atoms with Crippen LogP contribution in [-0.2, 0) is 6.18 Å². The van der Waals surface area contributed by atoms with Crippen molar-refractivity contribution < 1.29 is 13.2 Å². The quantitative estimate of drug-likeness (QED) is 0.837. The number of halogens is 3. The Morgan fingerprint density at radius 1 is 1.12 bits per heavy atom. The van der Waals surface area contributed by atoms with Gasteiger partial charge in [0.15, 0.2) is 0 Å². The van der Waals surface area contributed by atoms with E-state index in [1.54, 1.807) is 0 Å². The Balaban J connectivity index is 2.71. The highest BCUT2D eigenvalue weighted by atomic mass is 19.4. The van der Waals surface area contributed by atoms with Crippen LogP contribution in [0.25, 0.3) is 0 Å². The maximum absolute atomic E-state index is 12.3. The standard InChI is InChI=1S/C11H15F3N2/c12-11(13,14)9-5-3-8(4-6-9)10(16)2-1-7-15/h3-6,10H,1-2,7,15-16H2/t10-/m1/s1. The lowest BCUT2D eigenvalue weighted by Gasteiger charge is -2.13. The van der Waals surface area contributed by atoms with Gasteiger partial charge in [0.25, 0.3) is 0 Å². The molecule has 90 valence electrons. The van der Waals surface area contributed by atoms with Crippen LogP contribution >= 0.6 is 0 Å². The maximum Gasteiger partial charge on any atom is 0.416 e. The molecule has 16 heavy (non-hydrogen) atoms. The summed E-state index contributed by atoms with van der Waals surface area (Å²) in [5, 5.41) is 0. The summed E-state index contributed by atoms with van der Waals surface area (Å²) in [5.74, 6) is 0. The van der Waals surface area contributed by atoms with E-state index >= 15 is 0 Å². The fourth-order valence-corrected chi connectivity index (χ4v) is 1.42. The van der Waals surface area contributed by atoms with E-state index in [4.69, 9.17) is 11.5 Å². The largest absolute Gasteiger partial charge is 0.416 e. The zero-order chi connectivity index (χ0) is 12.2. The minimum Gasteiger partial charge on any atom is -0.330 e. The zero-order valence-electron chi connectivity index (χ0n) is 8.80. The number of hydrogen-bond donors (Lipinski definition) is 2. The molecule has 0 saturated heterocycles. The van der Waals surface area contributed by atoms with Gasteiger partial charge in [-0.3, -0.25) is 0 Å². The fourth-order valence-electron chi connectivity index (χ4n) is 1.42. The number of benzene rings is 1. The van der Waals surface area contributed by atoms with Crippen LogP contribution in [0.2, 0.25) is 0 Å². The van der Waals surface area contributed by atoms with E-state index in [1.807, 2.05) is 0 Å². The van der Waals surface area contributed by atoms with Gasteiger partial charge >= 0.3 is 6.18 Å². The van der Waals surface area contributed by atoms with Crippen molar-refractivity contribution >= 4 is 0 Å². The van der Waals surface area contributed by atoms with Gasteiger partial charge in [-0.2, -0.15) is 13.2 Å². The Bertz CT molecular complexity index is 319. The molecule has 0 aliphatic heterocycles. The molecule has 0 unspecified atom stereocenters. The summed E-state index contributed by atoms with van der Waals surface area (Å²) < 4.78 is 36.8. The molecule has 0 aromatic heterocycles. The van der Waals surface area contributed by atoms with Crippen molar-refractivity contribution in [3.63, 3.8) is 0 Å². The van der Waals surface area contributed by atoms with Crippen molar-refractivity contribution in [3.05, 3.63) is 35.4 Å². The van der Waals surface area contributed by atoms with Gasteiger partial charge in [0.05, 0.1) is 5.56 Å². The minimum atomic E-state index is -4.29. The Labute approximate surface area is 92.4 Å². The number of alkyl halides is 3. The number of hydrogen-bond acceptors (Lipinski definition) is 2. The molecule has 5 heteroatoms. The third-order valence-electron chi connectivity index (χ3n) is 2.39. The summed E-state index contributed by atoms with van der Waals surface area (Å²) in [6.07, 6.45) is -2.84. The van der Waals surface area contributed by atoms with E-state index in [-0.39, 0.29) is 6.04 Å². The monoisotopic (exact) mass is 232 g/mol. The minimum absolute atomic E-state index is 0.245. The highest BCUT2D eigenvalue weighted by Crippen LogP contribution is 2.30. The second-order valence-electron chi connectivity index (χ2n) is 3.66. The molecule has 4 N–H and O–H groups in total. The van der Waals surface area contributed by atoms with Gasteiger partial charge in [-0.1, -0.05) is 12.1 Å². The van der Waals surface area contributed by atoms with Crippen molar-refractivity contribution in [1.29, 1.82) is 0 Å². The first-order chi connectivity index (χ1) is 7.45. The van der Waals surface area contributed by atoms with Crippen LogP contribution in [0.15, 0.2) is 24.3 Å². The lowest BCUT2D eigenvalue weighted by atomic mass is 10.0. The number of nitrogens with two attached hydrogens (primary N) is 2. The molecule has 1 atom stereocenters. The van der Waals surface area contributed by atoms with E-state index < -0.39 is 11.7 Å². The van der Waals surface area contributed by atoms with Crippen LogP contribution in [0, 0.1) is 0 Å². The summed E-state index contributed by atoms with van der Waals surface area (Å²) in [4.78, 5) is 0. The van der Waals surface area contributed by atoms with Crippen molar-refractivity contribution in [3.8, 4) is 0 Å². The first kappa shape index (κ1) is 13.0. The lowest BCUT2D eigenvalue weighted by molar-refractivity contribution is -0.137. The Morgan fingerprint density at radius 3 is 2.12 bits per heavy atom. The first-order valence-corrected chi connectivity index (χ1v) is 5.08. The molecule has 0 amide bonds. The van der Waals surface area contributed by atoms with Crippen LogP contribution in [0.5, 0.6) is 0 Å². The van der Waals surface area contributed by atoms with Gasteiger partial charge in [-0.25, -0.2) is 0 Å². The highest BCUT2D eigenvalue weighted by molar-refractivity contribution is 5.26. The molecular formula is C11H15F3N2. The second-order valence-corrected chi connectivity index (χ2v) is 3.66. The van der Waals surface area contributed by atoms with E-state index in [0.29, 0.717) is 18.5 Å². The third-order valence-corrected chi connectivity index (χ3v) is 2.39. The predicted molar refractivity (Wildman–Crippen MR) is 56.7 cm³/mol. The third kappa shape index (κ3) is 3.50. The average Bonchev–Trinajstić information content (AvgIpc) is 2.25. The van der Waals surface area contributed by atoms with Gasteiger partial charge in [0, 0.05) is 6.04 Å². The summed E-state index contributed by atoms with van der Waals surface area (Å²) in [5.41, 5.74) is 11.2. The van der Waals surface area contributed by atoms with Crippen molar-refractivity contribution in [1.82, 2.24) is 0 Å². The molecule has 1 aromatic rings. The first-order valence-electron chi connectivity index (χ1n) is 5.08. The number of rotatable bonds is 4. The van der Waals surface area contributed by atoms with Crippen LogP contribution in [-0.4, -0.2) is 6.54 Å². The summed E-state index contributed by atoms with van der Waals surface area (Å²) in [6, 6.07) is 4.70. The van der Waals surface area contributed by atoms with Crippen molar-refractivity contribution in [2.45, 2.75) is 25.1 Å². The van der Waals surface area contributed by atoms with E-state index in [0.717, 1.165) is 18.6 Å². The Hall–Kier alpha value is -1.07. The molecule has 0 aliphatic rings. The summed E-state index contributed by atoms with van der Waals surface area (Å²) in [7, 11) is 0. The van der Waals surface area contributed by atoms with E-state index in [2.05, 4.69) is 0 Å². The predicted octanol–water partition coefficient (Wildman–Crippen LogP) is 2.44. The normalized spacial score (nSPS) is 13.8. The maximum atomic E-state index is 12.3. The topological polar surface area (TPSA) is 52.0 Å². The van der Waals surface area contributed by atoms with Gasteiger partial charge in [0.2, 0.25) is 0 Å². The molecule has 0 saturated carbocycles. The molecule has 1 aromatic carbocycles. The van der Waals surface area contributed by atoms with Crippen molar-refractivity contribution in [2.75, 3.05) is 6.54 Å². The van der Waals surface area contributed by atoms with Crippen LogP contribution < -0.4 is 11.5 Å². The second kappa shape index (κ2) is 5.32. The average molecular weight is 232 g/mol. The van der Waals surface area contributed by atoms with E-state index in [9.17, 15) is 13.2 Å². The molecule has 0 spiro atoms. The van der Waals surface area contributed by atoms with Crippen molar-refractivity contribution in [2.24, 2.45) is 11.5 Å². The van der Waals surface area contributed by atoms with Gasteiger partial charge in [-0.05, 0) is 37.1 Å².